The van der Waals surface area contributed by atoms with Crippen LogP contribution in [0.1, 0.15) is 12.5 Å². The number of nitrogens with zero attached hydrogens (tertiary/aromatic N) is 2. The van der Waals surface area contributed by atoms with Gasteiger partial charge in [-0.2, -0.15) is 0 Å². The smallest absolute Gasteiger partial charge is 0.241 e. The number of fused-ring (bicyclic) bond motifs is 1. The molecule has 0 N–H and O–H groups in total. The second-order valence-electron chi connectivity index (χ2n) is 6.64. The number of ether oxygens (including phenoxy) is 2. The van der Waals surface area contributed by atoms with Crippen molar-refractivity contribution in [3.8, 4) is 11.5 Å². The molecule has 6 heteroatoms. The molecule has 0 saturated carbocycles. The molecule has 2 aromatic rings. The second kappa shape index (κ2) is 7.21. The summed E-state index contributed by atoms with van der Waals surface area (Å²) in [5.74, 6) is 1.72. The van der Waals surface area contributed by atoms with Crippen LogP contribution in [-0.4, -0.2) is 43.0 Å². The van der Waals surface area contributed by atoms with E-state index < -0.39 is 0 Å². The van der Waals surface area contributed by atoms with E-state index in [2.05, 4.69) is 17.9 Å². The highest BCUT2D eigenvalue weighted by Gasteiger charge is 2.32. The van der Waals surface area contributed by atoms with E-state index in [0.29, 0.717) is 6.54 Å². The first-order valence-electron chi connectivity index (χ1n) is 8.71. The zero-order valence-corrected chi connectivity index (χ0v) is 15.8. The summed E-state index contributed by atoms with van der Waals surface area (Å²) < 4.78 is 10.8. The van der Waals surface area contributed by atoms with E-state index in [1.165, 1.54) is 0 Å². The Kier molecular flexibility index (Phi) is 4.78. The standard InChI is InChI=1S/C20H22N2O3S/c1-14-10-21(11-15-7-8-17-18(9-15)25-13-24-17)12-20(23)22(14)16-5-3-4-6-19(16)26-2/h3-9,14H,10-13H2,1-2H3. The van der Waals surface area contributed by atoms with Gasteiger partial charge in [0.2, 0.25) is 12.7 Å². The number of hydrogen-bond donors (Lipinski definition) is 0. The maximum absolute atomic E-state index is 12.9. The highest BCUT2D eigenvalue weighted by molar-refractivity contribution is 7.98. The maximum atomic E-state index is 12.9. The lowest BCUT2D eigenvalue weighted by Crippen LogP contribution is -2.55. The molecule has 0 bridgehead atoms. The SMILES string of the molecule is CSc1ccccc1N1C(=O)CN(Cc2ccc3c(c2)OCO3)CC1C. The van der Waals surface area contributed by atoms with Crippen molar-refractivity contribution in [1.29, 1.82) is 0 Å². The largest absolute Gasteiger partial charge is 0.454 e. The van der Waals surface area contributed by atoms with E-state index in [1.54, 1.807) is 11.8 Å². The highest BCUT2D eigenvalue weighted by Crippen LogP contribution is 2.34. The molecule has 136 valence electrons. The molecular weight excluding hydrogens is 348 g/mol. The Morgan fingerprint density at radius 2 is 1.96 bits per heavy atom. The van der Waals surface area contributed by atoms with Crippen LogP contribution in [0, 0.1) is 0 Å². The Hall–Kier alpha value is -2.18. The third kappa shape index (κ3) is 3.27. The van der Waals surface area contributed by atoms with Gasteiger partial charge in [0.05, 0.1) is 12.2 Å². The van der Waals surface area contributed by atoms with Crippen LogP contribution < -0.4 is 14.4 Å². The van der Waals surface area contributed by atoms with Gasteiger partial charge in [-0.1, -0.05) is 18.2 Å². The summed E-state index contributed by atoms with van der Waals surface area (Å²) in [4.78, 5) is 18.2. The molecule has 26 heavy (non-hydrogen) atoms. The van der Waals surface area contributed by atoms with Gasteiger partial charge in [0.25, 0.3) is 0 Å². The maximum Gasteiger partial charge on any atom is 0.241 e. The predicted molar refractivity (Wildman–Crippen MR) is 103 cm³/mol. The van der Waals surface area contributed by atoms with E-state index in [-0.39, 0.29) is 18.7 Å². The topological polar surface area (TPSA) is 42.0 Å². The third-order valence-corrected chi connectivity index (χ3v) is 5.56. The van der Waals surface area contributed by atoms with Gasteiger partial charge in [0.1, 0.15) is 0 Å². The minimum Gasteiger partial charge on any atom is -0.454 e. The minimum atomic E-state index is 0.124. The normalized spacial score (nSPS) is 19.8. The van der Waals surface area contributed by atoms with Crippen molar-refractivity contribution < 1.29 is 14.3 Å². The van der Waals surface area contributed by atoms with E-state index in [4.69, 9.17) is 9.47 Å². The number of piperazine rings is 1. The average molecular weight is 370 g/mol. The fourth-order valence-electron chi connectivity index (χ4n) is 3.65. The summed E-state index contributed by atoms with van der Waals surface area (Å²) in [5, 5.41) is 0. The molecule has 0 aromatic heterocycles. The van der Waals surface area contributed by atoms with Crippen molar-refractivity contribution in [2.75, 3.05) is 31.0 Å². The van der Waals surface area contributed by atoms with E-state index in [0.717, 1.165) is 40.7 Å². The fourth-order valence-corrected chi connectivity index (χ4v) is 4.24. The van der Waals surface area contributed by atoms with Crippen molar-refractivity contribution >= 4 is 23.4 Å². The minimum absolute atomic E-state index is 0.124. The molecule has 2 heterocycles. The van der Waals surface area contributed by atoms with Crippen LogP contribution in [0.2, 0.25) is 0 Å². The lowest BCUT2D eigenvalue weighted by atomic mass is 10.1. The summed E-state index contributed by atoms with van der Waals surface area (Å²) in [5.41, 5.74) is 2.15. The summed E-state index contributed by atoms with van der Waals surface area (Å²) in [6.07, 6.45) is 2.05. The van der Waals surface area contributed by atoms with Gasteiger partial charge < -0.3 is 14.4 Å². The molecule has 1 unspecified atom stereocenters. The molecule has 0 aliphatic carbocycles. The molecule has 1 atom stereocenters. The number of anilines is 1. The molecule has 1 fully saturated rings. The molecule has 5 nitrogen and oxygen atoms in total. The molecule has 2 aromatic carbocycles. The Morgan fingerprint density at radius 1 is 1.15 bits per heavy atom. The van der Waals surface area contributed by atoms with Crippen molar-refractivity contribution in [1.82, 2.24) is 4.90 Å². The number of carbonyl (C=O) groups is 1. The predicted octanol–water partition coefficient (Wildman–Crippen LogP) is 3.37. The molecule has 0 spiro atoms. The van der Waals surface area contributed by atoms with Crippen LogP contribution >= 0.6 is 11.8 Å². The van der Waals surface area contributed by atoms with Crippen LogP contribution in [0.25, 0.3) is 0 Å². The first kappa shape index (κ1) is 17.2. The molecule has 0 radical (unpaired) electrons. The van der Waals surface area contributed by atoms with Crippen LogP contribution in [-0.2, 0) is 11.3 Å². The van der Waals surface area contributed by atoms with E-state index in [1.807, 2.05) is 47.6 Å². The van der Waals surface area contributed by atoms with Crippen LogP contribution in [0.15, 0.2) is 47.4 Å². The number of rotatable bonds is 4. The zero-order chi connectivity index (χ0) is 18.1. The Balaban J connectivity index is 1.49. The van der Waals surface area contributed by atoms with Crippen LogP contribution in [0.5, 0.6) is 11.5 Å². The summed E-state index contributed by atoms with van der Waals surface area (Å²) >= 11 is 1.67. The third-order valence-electron chi connectivity index (χ3n) is 4.78. The van der Waals surface area contributed by atoms with Gasteiger partial charge in [-0.3, -0.25) is 9.69 Å². The fraction of sp³-hybridized carbons (Fsp3) is 0.350. The lowest BCUT2D eigenvalue weighted by Gasteiger charge is -2.40. The van der Waals surface area contributed by atoms with Crippen molar-refractivity contribution in [2.45, 2.75) is 24.4 Å². The van der Waals surface area contributed by atoms with E-state index in [9.17, 15) is 4.79 Å². The van der Waals surface area contributed by atoms with Gasteiger partial charge in [-0.05, 0) is 43.0 Å². The number of carbonyl (C=O) groups excluding carboxylic acids is 1. The number of para-hydroxylation sites is 1. The molecule has 2 aliphatic rings. The van der Waals surface area contributed by atoms with Crippen LogP contribution in [0.3, 0.4) is 0 Å². The number of hydrogen-bond acceptors (Lipinski definition) is 5. The van der Waals surface area contributed by atoms with Crippen LogP contribution in [0.4, 0.5) is 5.69 Å². The monoisotopic (exact) mass is 370 g/mol. The number of benzene rings is 2. The molecule has 1 amide bonds. The summed E-state index contributed by atoms with van der Waals surface area (Å²) in [6, 6.07) is 14.2. The molecule has 2 aliphatic heterocycles. The Morgan fingerprint density at radius 3 is 2.77 bits per heavy atom. The van der Waals surface area contributed by atoms with Crippen molar-refractivity contribution in [2.24, 2.45) is 0 Å². The van der Waals surface area contributed by atoms with Gasteiger partial charge in [-0.25, -0.2) is 0 Å². The average Bonchev–Trinajstić information content (AvgIpc) is 3.09. The molecule has 1 saturated heterocycles. The Labute approximate surface area is 157 Å². The van der Waals surface area contributed by atoms with Gasteiger partial charge in [0, 0.05) is 24.0 Å². The van der Waals surface area contributed by atoms with Gasteiger partial charge in [-0.15, -0.1) is 11.8 Å². The van der Waals surface area contributed by atoms with E-state index >= 15 is 0 Å². The first-order chi connectivity index (χ1) is 12.7. The second-order valence-corrected chi connectivity index (χ2v) is 7.49. The zero-order valence-electron chi connectivity index (χ0n) is 15.0. The number of amides is 1. The van der Waals surface area contributed by atoms with Gasteiger partial charge in [0.15, 0.2) is 11.5 Å². The summed E-state index contributed by atoms with van der Waals surface area (Å²) in [6.45, 7) is 4.37. The summed E-state index contributed by atoms with van der Waals surface area (Å²) in [7, 11) is 0. The van der Waals surface area contributed by atoms with Gasteiger partial charge >= 0.3 is 0 Å². The highest BCUT2D eigenvalue weighted by atomic mass is 32.2. The molecule has 4 rings (SSSR count). The lowest BCUT2D eigenvalue weighted by molar-refractivity contribution is -0.122. The van der Waals surface area contributed by atoms with Crippen molar-refractivity contribution in [3.05, 3.63) is 48.0 Å². The quantitative estimate of drug-likeness (QED) is 0.772. The molecular formula is C20H22N2O3S. The van der Waals surface area contributed by atoms with Crippen molar-refractivity contribution in [3.63, 3.8) is 0 Å². The first-order valence-corrected chi connectivity index (χ1v) is 9.94. The number of thioether (sulfide) groups is 1. The Bertz CT molecular complexity index is 826.